The molecule has 8 heteroatoms. The van der Waals surface area contributed by atoms with Crippen molar-refractivity contribution >= 4 is 35.0 Å². The minimum Gasteiger partial charge on any atom is -0.342 e. The minimum atomic E-state index is 0.0419. The number of benzene rings is 1. The number of aromatic nitrogens is 2. The van der Waals surface area contributed by atoms with Crippen molar-refractivity contribution in [3.8, 4) is 5.69 Å². The molecule has 2 aliphatic heterocycles. The topological polar surface area (TPSA) is 58.4 Å². The van der Waals surface area contributed by atoms with Crippen molar-refractivity contribution in [3.63, 3.8) is 0 Å². The van der Waals surface area contributed by atoms with Crippen LogP contribution in [-0.4, -0.2) is 57.6 Å². The number of nitrogens with zero attached hydrogens (tertiary/aromatic N) is 4. The molecule has 33 heavy (non-hydrogen) atoms. The molecule has 2 saturated heterocycles. The zero-order valence-corrected chi connectivity index (χ0v) is 21.1. The third kappa shape index (κ3) is 5.22. The molecule has 2 aromatic rings. The van der Waals surface area contributed by atoms with Crippen LogP contribution in [0, 0.1) is 25.7 Å². The number of hydrogen-bond acceptors (Lipinski definition) is 3. The highest BCUT2D eigenvalue weighted by Crippen LogP contribution is 2.27. The molecule has 0 spiro atoms. The molecule has 0 bridgehead atoms. The summed E-state index contributed by atoms with van der Waals surface area (Å²) < 4.78 is 1.81. The Labute approximate surface area is 205 Å². The fourth-order valence-corrected chi connectivity index (χ4v) is 5.38. The zero-order valence-electron chi connectivity index (χ0n) is 19.6. The lowest BCUT2D eigenvalue weighted by Gasteiger charge is -2.37. The predicted molar refractivity (Wildman–Crippen MR) is 131 cm³/mol. The molecular weight excluding hydrogens is 459 g/mol. The van der Waals surface area contributed by atoms with Gasteiger partial charge in [-0.3, -0.25) is 9.59 Å². The Morgan fingerprint density at radius 3 is 2.42 bits per heavy atom. The maximum atomic E-state index is 13.1. The molecule has 1 aromatic heterocycles. The Morgan fingerprint density at radius 1 is 1.03 bits per heavy atom. The fourth-order valence-electron chi connectivity index (χ4n) is 5.09. The van der Waals surface area contributed by atoms with E-state index in [1.165, 1.54) is 6.42 Å². The molecule has 178 valence electrons. The van der Waals surface area contributed by atoms with E-state index < -0.39 is 0 Å². The largest absolute Gasteiger partial charge is 0.342 e. The van der Waals surface area contributed by atoms with Gasteiger partial charge in [-0.1, -0.05) is 30.1 Å². The summed E-state index contributed by atoms with van der Waals surface area (Å²) in [6.07, 6.45) is 4.10. The summed E-state index contributed by atoms with van der Waals surface area (Å²) in [5.74, 6) is 0.997. The van der Waals surface area contributed by atoms with Crippen LogP contribution in [0.3, 0.4) is 0 Å². The number of likely N-dealkylation sites (tertiary alicyclic amines) is 2. The first-order valence-electron chi connectivity index (χ1n) is 11.8. The number of halogens is 2. The van der Waals surface area contributed by atoms with Crippen molar-refractivity contribution in [2.75, 3.05) is 26.2 Å². The van der Waals surface area contributed by atoms with Gasteiger partial charge < -0.3 is 9.80 Å². The standard InChI is InChI=1S/C25H32Cl2N4O2/c1-16-5-4-10-30(15-16)25(33)19-8-11-29(12-9-19)24(32)14-21-17(2)28-31(18(21)3)20-6-7-22(26)23(27)13-20/h6-7,13,16,19H,4-5,8-12,14-15H2,1-3H3. The summed E-state index contributed by atoms with van der Waals surface area (Å²) in [6, 6.07) is 5.39. The SMILES string of the molecule is Cc1nn(-c2ccc(Cl)c(Cl)c2)c(C)c1CC(=O)N1CCC(C(=O)N2CCCC(C)C2)CC1. The summed E-state index contributed by atoms with van der Waals surface area (Å²) in [5, 5.41) is 5.60. The van der Waals surface area contributed by atoms with E-state index in [4.69, 9.17) is 23.2 Å². The molecule has 2 fully saturated rings. The van der Waals surface area contributed by atoms with Crippen LogP contribution >= 0.6 is 23.2 Å². The maximum Gasteiger partial charge on any atom is 0.227 e. The minimum absolute atomic E-state index is 0.0419. The van der Waals surface area contributed by atoms with Gasteiger partial charge in [0.1, 0.15) is 0 Å². The first-order valence-corrected chi connectivity index (χ1v) is 12.6. The van der Waals surface area contributed by atoms with Gasteiger partial charge in [0, 0.05) is 43.4 Å². The predicted octanol–water partition coefficient (Wildman–Crippen LogP) is 4.84. The summed E-state index contributed by atoms with van der Waals surface area (Å²) >= 11 is 12.2. The first kappa shape index (κ1) is 24.1. The van der Waals surface area contributed by atoms with Gasteiger partial charge in [0.2, 0.25) is 11.8 Å². The Hall–Kier alpha value is -2.05. The van der Waals surface area contributed by atoms with Crippen molar-refractivity contribution in [1.82, 2.24) is 19.6 Å². The highest BCUT2D eigenvalue weighted by Gasteiger charge is 2.32. The van der Waals surface area contributed by atoms with Gasteiger partial charge in [-0.2, -0.15) is 5.10 Å². The number of piperidine rings is 2. The Balaban J connectivity index is 1.38. The summed E-state index contributed by atoms with van der Waals surface area (Å²) in [5.41, 5.74) is 3.50. The van der Waals surface area contributed by atoms with Crippen LogP contribution in [-0.2, 0) is 16.0 Å². The highest BCUT2D eigenvalue weighted by atomic mass is 35.5. The van der Waals surface area contributed by atoms with Gasteiger partial charge in [0.05, 0.1) is 27.8 Å². The second kappa shape index (κ2) is 10.1. The smallest absolute Gasteiger partial charge is 0.227 e. The van der Waals surface area contributed by atoms with Crippen LogP contribution in [0.2, 0.25) is 10.0 Å². The fraction of sp³-hybridized carbons (Fsp3) is 0.560. The molecule has 1 atom stereocenters. The summed E-state index contributed by atoms with van der Waals surface area (Å²) in [4.78, 5) is 30.0. The van der Waals surface area contributed by atoms with E-state index >= 15 is 0 Å². The van der Waals surface area contributed by atoms with Crippen LogP contribution < -0.4 is 0 Å². The normalized spacial score (nSPS) is 19.7. The van der Waals surface area contributed by atoms with Crippen molar-refractivity contribution in [3.05, 3.63) is 45.2 Å². The van der Waals surface area contributed by atoms with E-state index in [1.807, 2.05) is 34.4 Å². The van der Waals surface area contributed by atoms with E-state index in [9.17, 15) is 9.59 Å². The molecule has 4 rings (SSSR count). The van der Waals surface area contributed by atoms with Crippen molar-refractivity contribution < 1.29 is 9.59 Å². The lowest BCUT2D eigenvalue weighted by atomic mass is 9.92. The maximum absolute atomic E-state index is 13.1. The molecule has 0 radical (unpaired) electrons. The number of amides is 2. The molecule has 2 aliphatic rings. The van der Waals surface area contributed by atoms with Gasteiger partial charge in [0.25, 0.3) is 0 Å². The molecule has 0 saturated carbocycles. The van der Waals surface area contributed by atoms with Gasteiger partial charge in [-0.15, -0.1) is 0 Å². The van der Waals surface area contributed by atoms with Crippen LogP contribution in [0.25, 0.3) is 5.69 Å². The second-order valence-corrected chi connectivity index (χ2v) is 10.3. The average Bonchev–Trinajstić information content (AvgIpc) is 3.08. The van der Waals surface area contributed by atoms with E-state index in [-0.39, 0.29) is 17.7 Å². The van der Waals surface area contributed by atoms with Crippen LogP contribution in [0.5, 0.6) is 0 Å². The van der Waals surface area contributed by atoms with Gasteiger partial charge in [-0.05, 0) is 63.6 Å². The van der Waals surface area contributed by atoms with Crippen LogP contribution in [0.1, 0.15) is 49.6 Å². The Morgan fingerprint density at radius 2 is 1.76 bits per heavy atom. The van der Waals surface area contributed by atoms with Crippen LogP contribution in [0.15, 0.2) is 18.2 Å². The zero-order chi connectivity index (χ0) is 23.7. The van der Waals surface area contributed by atoms with Crippen molar-refractivity contribution in [2.24, 2.45) is 11.8 Å². The van der Waals surface area contributed by atoms with Gasteiger partial charge in [0.15, 0.2) is 0 Å². The third-order valence-electron chi connectivity index (χ3n) is 7.08. The number of carbonyl (C=O) groups is 2. The lowest BCUT2D eigenvalue weighted by molar-refractivity contribution is -0.141. The molecule has 3 heterocycles. The number of carbonyl (C=O) groups excluding carboxylic acids is 2. The van der Waals surface area contributed by atoms with Crippen molar-refractivity contribution in [2.45, 2.75) is 52.9 Å². The quantitative estimate of drug-likeness (QED) is 0.616. The molecule has 1 aromatic carbocycles. The molecule has 2 amide bonds. The van der Waals surface area contributed by atoms with Crippen molar-refractivity contribution in [1.29, 1.82) is 0 Å². The summed E-state index contributed by atoms with van der Waals surface area (Å²) in [7, 11) is 0. The summed E-state index contributed by atoms with van der Waals surface area (Å²) in [6.45, 7) is 9.14. The van der Waals surface area contributed by atoms with Crippen LogP contribution in [0.4, 0.5) is 0 Å². The Kier molecular flexibility index (Phi) is 7.34. The molecule has 1 unspecified atom stereocenters. The highest BCUT2D eigenvalue weighted by molar-refractivity contribution is 6.42. The molecule has 0 N–H and O–H groups in total. The van der Waals surface area contributed by atoms with Gasteiger partial charge >= 0.3 is 0 Å². The van der Waals surface area contributed by atoms with Gasteiger partial charge in [-0.25, -0.2) is 4.68 Å². The molecule has 0 aliphatic carbocycles. The lowest BCUT2D eigenvalue weighted by Crippen LogP contribution is -2.47. The van der Waals surface area contributed by atoms with E-state index in [1.54, 1.807) is 12.1 Å². The molecule has 6 nitrogen and oxygen atoms in total. The number of aryl methyl sites for hydroxylation is 1. The van der Waals surface area contributed by atoms with E-state index in [0.29, 0.717) is 35.5 Å². The number of rotatable bonds is 4. The monoisotopic (exact) mass is 490 g/mol. The average molecular weight is 491 g/mol. The Bertz CT molecular complexity index is 1040. The van der Waals surface area contributed by atoms with E-state index in [0.717, 1.165) is 55.0 Å². The molecular formula is C25H32Cl2N4O2. The number of hydrogen-bond donors (Lipinski definition) is 0. The second-order valence-electron chi connectivity index (χ2n) is 9.52. The first-order chi connectivity index (χ1) is 15.7. The third-order valence-corrected chi connectivity index (χ3v) is 7.82. The van der Waals surface area contributed by atoms with E-state index in [2.05, 4.69) is 12.0 Å².